The number of aromatic nitrogens is 1. The Balaban J connectivity index is 1.65. The van der Waals surface area contributed by atoms with Crippen LogP contribution in [0, 0.1) is 0 Å². The Morgan fingerprint density at radius 1 is 1.35 bits per heavy atom. The van der Waals surface area contributed by atoms with Crippen molar-refractivity contribution < 1.29 is 4.79 Å². The maximum absolute atomic E-state index is 12.5. The Hall–Kier alpha value is -1.66. The number of amides is 1. The lowest BCUT2D eigenvalue weighted by atomic mass is 10.2. The van der Waals surface area contributed by atoms with E-state index in [1.165, 1.54) is 25.9 Å². The van der Waals surface area contributed by atoms with E-state index < -0.39 is 0 Å². The highest BCUT2D eigenvalue weighted by molar-refractivity contribution is 5.93. The molecule has 6 nitrogen and oxygen atoms in total. The van der Waals surface area contributed by atoms with Gasteiger partial charge in [0.2, 0.25) is 0 Å². The Bertz CT molecular complexity index is 486. The molecule has 1 aromatic rings. The van der Waals surface area contributed by atoms with Gasteiger partial charge in [-0.25, -0.2) is 0 Å². The van der Waals surface area contributed by atoms with Crippen LogP contribution >= 0.6 is 0 Å². The van der Waals surface area contributed by atoms with Crippen LogP contribution in [0.25, 0.3) is 0 Å². The minimum Gasteiger partial charge on any atom is -0.336 e. The van der Waals surface area contributed by atoms with Crippen LogP contribution in [0.1, 0.15) is 29.8 Å². The minimum absolute atomic E-state index is 0.00352. The van der Waals surface area contributed by atoms with E-state index in [9.17, 15) is 4.79 Å². The number of likely N-dealkylation sites (tertiary alicyclic amines) is 2. The van der Waals surface area contributed by atoms with Gasteiger partial charge < -0.3 is 10.3 Å². The van der Waals surface area contributed by atoms with Crippen molar-refractivity contribution in [2.24, 2.45) is 5.84 Å². The summed E-state index contributed by atoms with van der Waals surface area (Å²) >= 11 is 0. The first kappa shape index (κ1) is 13.3. The number of hydrogen-bond acceptors (Lipinski definition) is 5. The summed E-state index contributed by atoms with van der Waals surface area (Å²) in [5.74, 6) is 5.37. The molecule has 1 amide bonds. The van der Waals surface area contributed by atoms with Gasteiger partial charge in [-0.3, -0.25) is 20.5 Å². The fourth-order valence-electron chi connectivity index (χ4n) is 3.13. The third-order valence-electron chi connectivity index (χ3n) is 4.25. The van der Waals surface area contributed by atoms with Crippen molar-refractivity contribution in [2.75, 3.05) is 31.6 Å². The second-order valence-corrected chi connectivity index (χ2v) is 5.51. The molecule has 6 heteroatoms. The van der Waals surface area contributed by atoms with Crippen molar-refractivity contribution in [3.8, 4) is 0 Å². The number of carbonyl (C=O) groups excluding carboxylic acids is 1. The number of hydrazine groups is 1. The van der Waals surface area contributed by atoms with Crippen LogP contribution in [0.15, 0.2) is 18.3 Å². The topological polar surface area (TPSA) is 74.5 Å². The zero-order valence-corrected chi connectivity index (χ0v) is 11.6. The molecule has 3 rings (SSSR count). The number of carbonyl (C=O) groups is 1. The number of nitrogen functional groups attached to an aromatic ring is 1. The van der Waals surface area contributed by atoms with Gasteiger partial charge in [-0.05, 0) is 44.5 Å². The van der Waals surface area contributed by atoms with E-state index in [0.29, 0.717) is 17.4 Å². The largest absolute Gasteiger partial charge is 0.336 e. The van der Waals surface area contributed by atoms with Gasteiger partial charge in [0.05, 0.1) is 5.69 Å². The average molecular weight is 275 g/mol. The lowest BCUT2D eigenvalue weighted by Gasteiger charge is -2.23. The lowest BCUT2D eigenvalue weighted by Crippen LogP contribution is -2.37. The van der Waals surface area contributed by atoms with E-state index in [0.717, 1.165) is 19.5 Å². The molecule has 2 aliphatic rings. The standard InChI is InChI=1S/C14H21N5O/c15-17-11-3-5-16-13(9-11)14(20)19-8-4-12(10-19)18-6-1-2-7-18/h3,5,9,12H,1-2,4,6-8,10,15H2,(H,16,17). The van der Waals surface area contributed by atoms with E-state index >= 15 is 0 Å². The molecule has 0 saturated carbocycles. The van der Waals surface area contributed by atoms with Gasteiger partial charge in [0.25, 0.3) is 5.91 Å². The number of hydrogen-bond donors (Lipinski definition) is 2. The van der Waals surface area contributed by atoms with Crippen LogP contribution in [0.4, 0.5) is 5.69 Å². The van der Waals surface area contributed by atoms with E-state index in [4.69, 9.17) is 5.84 Å². The SMILES string of the molecule is NNc1ccnc(C(=O)N2CCC(N3CCCC3)C2)c1. The minimum atomic E-state index is 0.00352. The molecule has 0 radical (unpaired) electrons. The van der Waals surface area contributed by atoms with Crippen LogP contribution in [0.2, 0.25) is 0 Å². The number of nitrogens with two attached hydrogens (primary N) is 1. The third-order valence-corrected chi connectivity index (χ3v) is 4.25. The molecule has 0 aliphatic carbocycles. The summed E-state index contributed by atoms with van der Waals surface area (Å²) < 4.78 is 0. The van der Waals surface area contributed by atoms with Crippen LogP contribution in [-0.4, -0.2) is 52.9 Å². The summed E-state index contributed by atoms with van der Waals surface area (Å²) in [6.45, 7) is 4.00. The first-order valence-corrected chi connectivity index (χ1v) is 7.24. The molecule has 3 heterocycles. The fourth-order valence-corrected chi connectivity index (χ4v) is 3.13. The number of nitrogens with zero attached hydrogens (tertiary/aromatic N) is 3. The summed E-state index contributed by atoms with van der Waals surface area (Å²) in [5, 5.41) is 0. The van der Waals surface area contributed by atoms with Crippen LogP contribution < -0.4 is 11.3 Å². The number of anilines is 1. The maximum Gasteiger partial charge on any atom is 0.272 e. The quantitative estimate of drug-likeness (QED) is 0.627. The molecule has 2 aliphatic heterocycles. The molecule has 3 N–H and O–H groups in total. The number of pyridine rings is 1. The smallest absolute Gasteiger partial charge is 0.272 e. The number of nitrogens with one attached hydrogen (secondary N) is 1. The molecule has 0 bridgehead atoms. The van der Waals surface area contributed by atoms with Gasteiger partial charge in [0, 0.05) is 25.3 Å². The molecule has 20 heavy (non-hydrogen) atoms. The first-order chi connectivity index (χ1) is 9.78. The van der Waals surface area contributed by atoms with Crippen molar-refractivity contribution in [3.63, 3.8) is 0 Å². The molecule has 2 fully saturated rings. The average Bonchev–Trinajstić information content (AvgIpc) is 3.17. The normalized spacial score (nSPS) is 23.2. The number of rotatable bonds is 3. The van der Waals surface area contributed by atoms with Crippen molar-refractivity contribution in [1.82, 2.24) is 14.8 Å². The van der Waals surface area contributed by atoms with E-state index in [2.05, 4.69) is 15.3 Å². The van der Waals surface area contributed by atoms with Crippen LogP contribution in [0.5, 0.6) is 0 Å². The molecule has 1 atom stereocenters. The van der Waals surface area contributed by atoms with Crippen LogP contribution in [0.3, 0.4) is 0 Å². The predicted octanol–water partition coefficient (Wildman–Crippen LogP) is 0.677. The second-order valence-electron chi connectivity index (χ2n) is 5.51. The summed E-state index contributed by atoms with van der Waals surface area (Å²) in [6, 6.07) is 3.97. The molecule has 108 valence electrons. The summed E-state index contributed by atoms with van der Waals surface area (Å²) in [6.07, 6.45) is 5.25. The Morgan fingerprint density at radius 2 is 2.15 bits per heavy atom. The highest BCUT2D eigenvalue weighted by Gasteiger charge is 2.32. The van der Waals surface area contributed by atoms with Crippen molar-refractivity contribution in [1.29, 1.82) is 0 Å². The summed E-state index contributed by atoms with van der Waals surface area (Å²) in [5.41, 5.74) is 3.72. The van der Waals surface area contributed by atoms with Crippen molar-refractivity contribution >= 4 is 11.6 Å². The van der Waals surface area contributed by atoms with Gasteiger partial charge in [0.1, 0.15) is 5.69 Å². The van der Waals surface area contributed by atoms with Gasteiger partial charge >= 0.3 is 0 Å². The van der Waals surface area contributed by atoms with E-state index in [1.54, 1.807) is 18.3 Å². The van der Waals surface area contributed by atoms with Crippen LogP contribution in [-0.2, 0) is 0 Å². The van der Waals surface area contributed by atoms with Crippen molar-refractivity contribution in [2.45, 2.75) is 25.3 Å². The molecular formula is C14H21N5O. The highest BCUT2D eigenvalue weighted by Crippen LogP contribution is 2.21. The van der Waals surface area contributed by atoms with Crippen molar-refractivity contribution in [3.05, 3.63) is 24.0 Å². The zero-order valence-electron chi connectivity index (χ0n) is 11.6. The Kier molecular flexibility index (Phi) is 3.84. The molecule has 0 spiro atoms. The fraction of sp³-hybridized carbons (Fsp3) is 0.571. The summed E-state index contributed by atoms with van der Waals surface area (Å²) in [7, 11) is 0. The first-order valence-electron chi connectivity index (χ1n) is 7.24. The molecule has 1 unspecified atom stereocenters. The zero-order chi connectivity index (χ0) is 13.9. The second kappa shape index (κ2) is 5.76. The Labute approximate surface area is 118 Å². The van der Waals surface area contributed by atoms with Gasteiger partial charge in [-0.15, -0.1) is 0 Å². The van der Waals surface area contributed by atoms with E-state index in [1.807, 2.05) is 4.90 Å². The van der Waals surface area contributed by atoms with Gasteiger partial charge in [-0.2, -0.15) is 0 Å². The molecule has 0 aromatic carbocycles. The maximum atomic E-state index is 12.5. The predicted molar refractivity (Wildman–Crippen MR) is 77.2 cm³/mol. The molecule has 2 saturated heterocycles. The third kappa shape index (κ3) is 2.62. The molecule has 1 aromatic heterocycles. The van der Waals surface area contributed by atoms with Gasteiger partial charge in [-0.1, -0.05) is 0 Å². The monoisotopic (exact) mass is 275 g/mol. The van der Waals surface area contributed by atoms with E-state index in [-0.39, 0.29) is 5.91 Å². The summed E-state index contributed by atoms with van der Waals surface area (Å²) in [4.78, 5) is 21.0. The molecular weight excluding hydrogens is 254 g/mol. The lowest BCUT2D eigenvalue weighted by molar-refractivity contribution is 0.0774. The Morgan fingerprint density at radius 3 is 2.90 bits per heavy atom. The highest BCUT2D eigenvalue weighted by atomic mass is 16.2. The van der Waals surface area contributed by atoms with Gasteiger partial charge in [0.15, 0.2) is 0 Å².